The van der Waals surface area contributed by atoms with Crippen LogP contribution in [0.2, 0.25) is 0 Å². The molecule has 1 amide bonds. The van der Waals surface area contributed by atoms with Crippen molar-refractivity contribution in [3.05, 3.63) is 93.7 Å². The molecular weight excluding hydrogens is 392 g/mol. The highest BCUT2D eigenvalue weighted by atomic mass is 16.6. The number of carbonyl (C=O) groups excluding carboxylic acids is 1. The van der Waals surface area contributed by atoms with Crippen molar-refractivity contribution in [1.82, 2.24) is 14.8 Å². The maximum atomic E-state index is 13.0. The molecule has 0 unspecified atom stereocenters. The molecule has 0 N–H and O–H groups in total. The third-order valence-corrected chi connectivity index (χ3v) is 5.57. The summed E-state index contributed by atoms with van der Waals surface area (Å²) in [4.78, 5) is 32.4. The highest BCUT2D eigenvalue weighted by Gasteiger charge is 2.24. The Morgan fingerprint density at radius 2 is 1.74 bits per heavy atom. The molecule has 2 aromatic carbocycles. The van der Waals surface area contributed by atoms with E-state index in [1.54, 1.807) is 12.1 Å². The number of pyridine rings is 1. The predicted molar refractivity (Wildman–Crippen MR) is 119 cm³/mol. The molecule has 0 saturated carbocycles. The van der Waals surface area contributed by atoms with Gasteiger partial charge in [-0.2, -0.15) is 0 Å². The Hall–Kier alpha value is -3.58. The fourth-order valence-corrected chi connectivity index (χ4v) is 3.86. The average Bonchev–Trinajstić information content (AvgIpc) is 2.80. The topological polar surface area (TPSA) is 79.6 Å². The van der Waals surface area contributed by atoms with E-state index in [0.29, 0.717) is 25.2 Å². The van der Waals surface area contributed by atoms with Gasteiger partial charge in [0.05, 0.1) is 21.9 Å². The quantitative estimate of drug-likeness (QED) is 0.465. The van der Waals surface area contributed by atoms with Gasteiger partial charge in [0.2, 0.25) is 0 Å². The highest BCUT2D eigenvalue weighted by Crippen LogP contribution is 2.21. The number of non-ortho nitro benzene ring substituents is 1. The van der Waals surface area contributed by atoms with E-state index in [-0.39, 0.29) is 16.5 Å². The summed E-state index contributed by atoms with van der Waals surface area (Å²) in [5, 5.41) is 11.0. The van der Waals surface area contributed by atoms with Crippen molar-refractivity contribution in [3.8, 4) is 11.3 Å². The zero-order valence-corrected chi connectivity index (χ0v) is 17.4. The molecule has 0 atom stereocenters. The lowest BCUT2D eigenvalue weighted by molar-refractivity contribution is -0.384. The first kappa shape index (κ1) is 20.7. The molecule has 31 heavy (non-hydrogen) atoms. The first-order chi connectivity index (χ1) is 15.0. The lowest BCUT2D eigenvalue weighted by Crippen LogP contribution is -2.48. The maximum Gasteiger partial charge on any atom is 0.269 e. The van der Waals surface area contributed by atoms with E-state index in [1.807, 2.05) is 60.4 Å². The van der Waals surface area contributed by atoms with Gasteiger partial charge in [0, 0.05) is 50.4 Å². The normalized spacial score (nSPS) is 14.4. The average molecular weight is 416 g/mol. The Balaban J connectivity index is 1.38. The van der Waals surface area contributed by atoms with Crippen molar-refractivity contribution in [2.45, 2.75) is 13.5 Å². The highest BCUT2D eigenvalue weighted by molar-refractivity contribution is 5.95. The standard InChI is InChI=1S/C24H24N4O3/c1-18-22(10-11-23(25-18)20-7-3-2-4-8-20)24(29)27-14-12-26(13-15-27)17-19-6-5-9-21(16-19)28(30)31/h2-11,16H,12-15,17H2,1H3. The summed E-state index contributed by atoms with van der Waals surface area (Å²) in [5.74, 6) is -0.000361. The summed E-state index contributed by atoms with van der Waals surface area (Å²) in [7, 11) is 0. The number of nitrogens with zero attached hydrogens (tertiary/aromatic N) is 4. The zero-order chi connectivity index (χ0) is 21.8. The van der Waals surface area contributed by atoms with Gasteiger partial charge < -0.3 is 4.90 Å². The molecule has 1 aromatic heterocycles. The van der Waals surface area contributed by atoms with Gasteiger partial charge in [0.25, 0.3) is 11.6 Å². The van der Waals surface area contributed by atoms with Gasteiger partial charge >= 0.3 is 0 Å². The van der Waals surface area contributed by atoms with Gasteiger partial charge in [-0.1, -0.05) is 42.5 Å². The molecule has 4 rings (SSSR count). The molecule has 2 heterocycles. The monoisotopic (exact) mass is 416 g/mol. The summed E-state index contributed by atoms with van der Waals surface area (Å²) in [6, 6.07) is 20.4. The van der Waals surface area contributed by atoms with Gasteiger partial charge in [-0.3, -0.25) is 24.8 Å². The van der Waals surface area contributed by atoms with Gasteiger partial charge in [-0.25, -0.2) is 0 Å². The molecule has 3 aromatic rings. The lowest BCUT2D eigenvalue weighted by atomic mass is 10.1. The minimum Gasteiger partial charge on any atom is -0.336 e. The Kier molecular flexibility index (Phi) is 6.04. The fourth-order valence-electron chi connectivity index (χ4n) is 3.86. The van der Waals surface area contributed by atoms with E-state index in [4.69, 9.17) is 0 Å². The van der Waals surface area contributed by atoms with Crippen LogP contribution in [0.25, 0.3) is 11.3 Å². The van der Waals surface area contributed by atoms with Crippen molar-refractivity contribution in [2.75, 3.05) is 26.2 Å². The molecule has 7 nitrogen and oxygen atoms in total. The van der Waals surface area contributed by atoms with E-state index < -0.39 is 0 Å². The van der Waals surface area contributed by atoms with Crippen LogP contribution in [-0.4, -0.2) is 51.8 Å². The van der Waals surface area contributed by atoms with Crippen molar-refractivity contribution < 1.29 is 9.72 Å². The number of rotatable bonds is 5. The number of amides is 1. The summed E-state index contributed by atoms with van der Waals surface area (Å²) < 4.78 is 0. The minimum absolute atomic E-state index is 0.000361. The van der Waals surface area contributed by atoms with Crippen molar-refractivity contribution in [2.24, 2.45) is 0 Å². The molecule has 1 fully saturated rings. The van der Waals surface area contributed by atoms with E-state index in [2.05, 4.69) is 9.88 Å². The largest absolute Gasteiger partial charge is 0.336 e. The number of aromatic nitrogens is 1. The van der Waals surface area contributed by atoms with Crippen LogP contribution in [0.4, 0.5) is 5.69 Å². The van der Waals surface area contributed by atoms with Gasteiger partial charge in [0.15, 0.2) is 0 Å². The number of carbonyl (C=O) groups is 1. The number of hydrogen-bond acceptors (Lipinski definition) is 5. The van der Waals surface area contributed by atoms with E-state index in [1.165, 1.54) is 6.07 Å². The van der Waals surface area contributed by atoms with Crippen LogP contribution in [0.1, 0.15) is 21.6 Å². The van der Waals surface area contributed by atoms with Crippen LogP contribution in [-0.2, 0) is 6.54 Å². The Labute approximate surface area is 181 Å². The van der Waals surface area contributed by atoms with Crippen LogP contribution >= 0.6 is 0 Å². The number of benzene rings is 2. The van der Waals surface area contributed by atoms with Crippen LogP contribution in [0.15, 0.2) is 66.7 Å². The second-order valence-electron chi connectivity index (χ2n) is 7.69. The number of nitro groups is 1. The van der Waals surface area contributed by atoms with E-state index in [9.17, 15) is 14.9 Å². The van der Waals surface area contributed by atoms with E-state index >= 15 is 0 Å². The number of hydrogen-bond donors (Lipinski definition) is 0. The SMILES string of the molecule is Cc1nc(-c2ccccc2)ccc1C(=O)N1CCN(Cc2cccc([N+](=O)[O-])c2)CC1. The van der Waals surface area contributed by atoms with Gasteiger partial charge in [0.1, 0.15) is 0 Å². The third kappa shape index (κ3) is 4.78. The molecule has 158 valence electrons. The van der Waals surface area contributed by atoms with Gasteiger partial charge in [-0.15, -0.1) is 0 Å². The maximum absolute atomic E-state index is 13.0. The summed E-state index contributed by atoms with van der Waals surface area (Å²) in [6.45, 7) is 5.20. The summed E-state index contributed by atoms with van der Waals surface area (Å²) in [6.07, 6.45) is 0. The first-order valence-electron chi connectivity index (χ1n) is 10.3. The summed E-state index contributed by atoms with van der Waals surface area (Å²) in [5.41, 5.74) is 4.26. The third-order valence-electron chi connectivity index (χ3n) is 5.57. The molecular formula is C24H24N4O3. The molecule has 0 spiro atoms. The zero-order valence-electron chi connectivity index (χ0n) is 17.4. The summed E-state index contributed by atoms with van der Waals surface area (Å²) >= 11 is 0. The van der Waals surface area contributed by atoms with Crippen LogP contribution in [0.5, 0.6) is 0 Å². The van der Waals surface area contributed by atoms with Crippen molar-refractivity contribution in [3.63, 3.8) is 0 Å². The second kappa shape index (κ2) is 9.06. The Morgan fingerprint density at radius 1 is 1.00 bits per heavy atom. The number of nitro benzene ring substituents is 1. The molecule has 1 aliphatic rings. The fraction of sp³-hybridized carbons (Fsp3) is 0.250. The first-order valence-corrected chi connectivity index (χ1v) is 10.3. The minimum atomic E-state index is -0.375. The predicted octanol–water partition coefficient (Wildman–Crippen LogP) is 3.92. The van der Waals surface area contributed by atoms with Crippen LogP contribution in [0, 0.1) is 17.0 Å². The molecule has 0 radical (unpaired) electrons. The van der Waals surface area contributed by atoms with E-state index in [0.717, 1.165) is 35.6 Å². The van der Waals surface area contributed by atoms with Gasteiger partial charge in [-0.05, 0) is 24.6 Å². The molecule has 1 saturated heterocycles. The smallest absolute Gasteiger partial charge is 0.269 e. The molecule has 0 bridgehead atoms. The Morgan fingerprint density at radius 3 is 2.42 bits per heavy atom. The lowest BCUT2D eigenvalue weighted by Gasteiger charge is -2.35. The van der Waals surface area contributed by atoms with Crippen molar-refractivity contribution >= 4 is 11.6 Å². The molecule has 1 aliphatic heterocycles. The van der Waals surface area contributed by atoms with Crippen LogP contribution < -0.4 is 0 Å². The van der Waals surface area contributed by atoms with Crippen LogP contribution in [0.3, 0.4) is 0 Å². The molecule has 0 aliphatic carbocycles. The molecule has 7 heteroatoms. The Bertz CT molecular complexity index is 1090. The number of piperazine rings is 1. The number of aryl methyl sites for hydroxylation is 1. The second-order valence-corrected chi connectivity index (χ2v) is 7.69. The van der Waals surface area contributed by atoms with Crippen molar-refractivity contribution in [1.29, 1.82) is 0 Å².